The lowest BCUT2D eigenvalue weighted by molar-refractivity contribution is -0.131. The zero-order chi connectivity index (χ0) is 24.6. The van der Waals surface area contributed by atoms with E-state index in [0.717, 1.165) is 16.8 Å². The minimum atomic E-state index is -0.383. The number of nitrogens with one attached hydrogen (secondary N) is 1. The summed E-state index contributed by atoms with van der Waals surface area (Å²) < 4.78 is 6.97. The van der Waals surface area contributed by atoms with Crippen LogP contribution in [0, 0.1) is 0 Å². The molecule has 3 aromatic carbocycles. The fourth-order valence-corrected chi connectivity index (χ4v) is 3.99. The number of nitrogens with zero attached hydrogens (tertiary/aromatic N) is 4. The minimum absolute atomic E-state index is 0.113. The van der Waals surface area contributed by atoms with E-state index in [2.05, 4.69) is 20.7 Å². The van der Waals surface area contributed by atoms with Gasteiger partial charge >= 0.3 is 5.97 Å². The van der Waals surface area contributed by atoms with Gasteiger partial charge in [-0.2, -0.15) is 5.10 Å². The second-order valence-corrected chi connectivity index (χ2v) is 8.42. The Hall–Kier alpha value is -4.24. The van der Waals surface area contributed by atoms with Crippen LogP contribution in [0.25, 0.3) is 17.1 Å². The highest BCUT2D eigenvalue weighted by molar-refractivity contribution is 7.99. The molecule has 8 nitrogen and oxygen atoms in total. The van der Waals surface area contributed by atoms with E-state index in [4.69, 9.17) is 4.74 Å². The smallest absolute Gasteiger partial charge is 0.308 e. The number of ether oxygens (including phenoxy) is 1. The summed E-state index contributed by atoms with van der Waals surface area (Å²) in [5.41, 5.74) is 5.84. The minimum Gasteiger partial charge on any atom is -0.427 e. The molecule has 1 amide bonds. The number of amides is 1. The van der Waals surface area contributed by atoms with Crippen LogP contribution in [0.2, 0.25) is 0 Å². The van der Waals surface area contributed by atoms with E-state index in [-0.39, 0.29) is 17.6 Å². The lowest BCUT2D eigenvalue weighted by atomic mass is 10.1. The molecule has 1 N–H and O–H groups in total. The highest BCUT2D eigenvalue weighted by Crippen LogP contribution is 2.27. The van der Waals surface area contributed by atoms with Crippen LogP contribution < -0.4 is 10.2 Å². The number of thioether (sulfide) groups is 1. The number of esters is 1. The molecular weight excluding hydrogens is 462 g/mol. The summed E-state index contributed by atoms with van der Waals surface area (Å²) >= 11 is 1.28. The molecule has 0 saturated heterocycles. The molecule has 4 rings (SSSR count). The molecule has 35 heavy (non-hydrogen) atoms. The predicted molar refractivity (Wildman–Crippen MR) is 136 cm³/mol. The average molecular weight is 486 g/mol. The summed E-state index contributed by atoms with van der Waals surface area (Å²) in [5, 5.41) is 13.5. The molecule has 0 aliphatic heterocycles. The molecule has 0 saturated carbocycles. The summed E-state index contributed by atoms with van der Waals surface area (Å²) in [7, 11) is 0. The van der Waals surface area contributed by atoms with E-state index in [1.165, 1.54) is 18.7 Å². The normalized spacial score (nSPS) is 11.2. The maximum absolute atomic E-state index is 12.5. The first kappa shape index (κ1) is 23.9. The summed E-state index contributed by atoms with van der Waals surface area (Å²) in [6.07, 6.45) is 0. The maximum atomic E-state index is 12.5. The molecule has 0 bridgehead atoms. The number of benzene rings is 3. The van der Waals surface area contributed by atoms with Crippen molar-refractivity contribution in [3.05, 3.63) is 90.5 Å². The molecule has 0 fully saturated rings. The third-order valence-corrected chi connectivity index (χ3v) is 5.82. The fourth-order valence-electron chi connectivity index (χ4n) is 3.25. The van der Waals surface area contributed by atoms with Crippen LogP contribution >= 0.6 is 11.8 Å². The molecule has 0 aliphatic rings. The van der Waals surface area contributed by atoms with Crippen molar-refractivity contribution in [3.8, 4) is 22.8 Å². The molecule has 176 valence electrons. The number of aromatic nitrogens is 3. The first-order valence-corrected chi connectivity index (χ1v) is 11.8. The average Bonchev–Trinajstić information content (AvgIpc) is 3.31. The molecule has 1 heterocycles. The predicted octanol–water partition coefficient (Wildman–Crippen LogP) is 4.49. The largest absolute Gasteiger partial charge is 0.427 e. The maximum Gasteiger partial charge on any atom is 0.308 e. The van der Waals surface area contributed by atoms with Crippen molar-refractivity contribution in [2.45, 2.75) is 19.0 Å². The van der Waals surface area contributed by atoms with Gasteiger partial charge in [-0.25, -0.2) is 5.43 Å². The summed E-state index contributed by atoms with van der Waals surface area (Å²) in [5.74, 6) is 0.612. The lowest BCUT2D eigenvalue weighted by Crippen LogP contribution is -2.21. The number of hydrogen-bond donors (Lipinski definition) is 1. The molecule has 4 aromatic rings. The highest BCUT2D eigenvalue weighted by Gasteiger charge is 2.17. The molecule has 0 unspecified atom stereocenters. The van der Waals surface area contributed by atoms with Crippen molar-refractivity contribution >= 4 is 29.4 Å². The lowest BCUT2D eigenvalue weighted by Gasteiger charge is -2.10. The SMILES string of the molecule is CC(=O)Oc1ccc(/C(C)=N\NC(=O)CSc2nnc(-c3ccccc3)n2-c2ccccc2)cc1. The first-order chi connectivity index (χ1) is 17.0. The van der Waals surface area contributed by atoms with E-state index < -0.39 is 0 Å². The van der Waals surface area contributed by atoms with Gasteiger partial charge < -0.3 is 4.74 Å². The highest BCUT2D eigenvalue weighted by atomic mass is 32.2. The monoisotopic (exact) mass is 485 g/mol. The van der Waals surface area contributed by atoms with Crippen LogP contribution in [-0.2, 0) is 9.59 Å². The number of carbonyl (C=O) groups is 2. The number of rotatable bonds is 8. The second-order valence-electron chi connectivity index (χ2n) is 7.48. The van der Waals surface area contributed by atoms with E-state index >= 15 is 0 Å². The van der Waals surface area contributed by atoms with Gasteiger partial charge in [0, 0.05) is 18.2 Å². The van der Waals surface area contributed by atoms with Gasteiger partial charge in [-0.1, -0.05) is 60.3 Å². The van der Waals surface area contributed by atoms with E-state index in [1.807, 2.05) is 65.2 Å². The molecule has 1 aromatic heterocycles. The standard InChI is InChI=1S/C26H23N5O3S/c1-18(20-13-15-23(16-14-20)34-19(2)32)27-28-24(33)17-35-26-30-29-25(21-9-5-3-6-10-21)31(26)22-11-7-4-8-12-22/h3-16H,17H2,1-2H3,(H,28,33)/b27-18-. The van der Waals surface area contributed by atoms with Crippen molar-refractivity contribution in [2.75, 3.05) is 5.75 Å². The van der Waals surface area contributed by atoms with E-state index in [9.17, 15) is 9.59 Å². The van der Waals surface area contributed by atoms with E-state index in [1.54, 1.807) is 31.2 Å². The Morgan fingerprint density at radius 1 is 0.914 bits per heavy atom. The summed E-state index contributed by atoms with van der Waals surface area (Å²) in [4.78, 5) is 23.5. The second kappa shape index (κ2) is 11.3. The number of para-hydroxylation sites is 1. The zero-order valence-electron chi connectivity index (χ0n) is 19.2. The van der Waals surface area contributed by atoms with Gasteiger partial charge in [0.05, 0.1) is 11.5 Å². The molecular formula is C26H23N5O3S. The zero-order valence-corrected chi connectivity index (χ0v) is 20.0. The van der Waals surface area contributed by atoms with Crippen LogP contribution in [0.1, 0.15) is 19.4 Å². The quantitative estimate of drug-likeness (QED) is 0.130. The van der Waals surface area contributed by atoms with Crippen LogP contribution in [0.4, 0.5) is 0 Å². The Kier molecular flexibility index (Phi) is 7.69. The third kappa shape index (κ3) is 6.21. The van der Waals surface area contributed by atoms with E-state index in [0.29, 0.717) is 22.4 Å². The van der Waals surface area contributed by atoms with Gasteiger partial charge in [-0.05, 0) is 48.9 Å². The Morgan fingerprint density at radius 3 is 2.23 bits per heavy atom. The van der Waals surface area contributed by atoms with Crippen LogP contribution in [0.3, 0.4) is 0 Å². The number of hydrazone groups is 1. The molecule has 0 radical (unpaired) electrons. The van der Waals surface area contributed by atoms with Crippen LogP contribution in [0.15, 0.2) is 95.2 Å². The molecule has 0 spiro atoms. The first-order valence-electron chi connectivity index (χ1n) is 10.8. The summed E-state index contributed by atoms with van der Waals surface area (Å²) in [6, 6.07) is 26.5. The van der Waals surface area contributed by atoms with Crippen molar-refractivity contribution in [1.29, 1.82) is 0 Å². The van der Waals surface area contributed by atoms with Gasteiger partial charge in [-0.15, -0.1) is 10.2 Å². The van der Waals surface area contributed by atoms with Crippen molar-refractivity contribution in [1.82, 2.24) is 20.2 Å². The third-order valence-electron chi connectivity index (χ3n) is 4.89. The Labute approximate surface area is 207 Å². The van der Waals surface area contributed by atoms with Crippen molar-refractivity contribution in [3.63, 3.8) is 0 Å². The Bertz CT molecular complexity index is 1340. The molecule has 9 heteroatoms. The van der Waals surface area contributed by atoms with Crippen molar-refractivity contribution < 1.29 is 14.3 Å². The van der Waals surface area contributed by atoms with Gasteiger partial charge in [0.25, 0.3) is 5.91 Å². The van der Waals surface area contributed by atoms with Gasteiger partial charge in [0.2, 0.25) is 0 Å². The van der Waals surface area contributed by atoms with Crippen LogP contribution in [0.5, 0.6) is 5.75 Å². The van der Waals surface area contributed by atoms with Crippen LogP contribution in [-0.4, -0.2) is 38.1 Å². The molecule has 0 aliphatic carbocycles. The Balaban J connectivity index is 1.44. The number of carbonyl (C=O) groups excluding carboxylic acids is 2. The topological polar surface area (TPSA) is 98.5 Å². The molecule has 0 atom stereocenters. The van der Waals surface area contributed by atoms with Gasteiger partial charge in [0.15, 0.2) is 11.0 Å². The fraction of sp³-hybridized carbons (Fsp3) is 0.115. The number of hydrogen-bond acceptors (Lipinski definition) is 7. The Morgan fingerprint density at radius 2 is 1.57 bits per heavy atom. The van der Waals surface area contributed by atoms with Gasteiger partial charge in [0.1, 0.15) is 5.75 Å². The van der Waals surface area contributed by atoms with Crippen molar-refractivity contribution in [2.24, 2.45) is 5.10 Å². The summed E-state index contributed by atoms with van der Waals surface area (Å²) in [6.45, 7) is 3.13. The van der Waals surface area contributed by atoms with Gasteiger partial charge in [-0.3, -0.25) is 14.2 Å².